The number of carbonyl (C=O) groups is 1. The lowest BCUT2D eigenvalue weighted by Crippen LogP contribution is -2.58. The van der Waals surface area contributed by atoms with E-state index < -0.39 is 23.1 Å². The minimum atomic E-state index is -0.709. The van der Waals surface area contributed by atoms with Gasteiger partial charge in [0.1, 0.15) is 11.6 Å². The summed E-state index contributed by atoms with van der Waals surface area (Å²) in [6, 6.07) is 2.95. The molecule has 4 rings (SSSR count). The fraction of sp³-hybridized carbons (Fsp3) is 0.556. The van der Waals surface area contributed by atoms with E-state index >= 15 is 0 Å². The molecule has 0 atom stereocenters. The molecule has 2 aromatic rings. The summed E-state index contributed by atoms with van der Waals surface area (Å²) in [7, 11) is 1.81. The van der Waals surface area contributed by atoms with Gasteiger partial charge in [0.25, 0.3) is 5.91 Å². The number of carbonyl (C=O) groups excluding carboxylic acids is 1. The van der Waals surface area contributed by atoms with Crippen LogP contribution in [0, 0.1) is 11.6 Å². The molecule has 2 aliphatic rings. The Morgan fingerprint density at radius 3 is 2.75 bits per heavy atom. The smallest absolute Gasteiger partial charge is 0.257 e. The number of morpholine rings is 1. The molecule has 10 heteroatoms. The van der Waals surface area contributed by atoms with E-state index in [0.29, 0.717) is 26.2 Å². The lowest BCUT2D eigenvalue weighted by atomic mass is 9.89. The summed E-state index contributed by atoms with van der Waals surface area (Å²) in [6.45, 7) is 3.34. The van der Waals surface area contributed by atoms with Gasteiger partial charge in [-0.25, -0.2) is 13.5 Å². The molecule has 0 aliphatic carbocycles. The van der Waals surface area contributed by atoms with Gasteiger partial charge in [0.05, 0.1) is 30.9 Å². The van der Waals surface area contributed by atoms with Crippen LogP contribution in [0.5, 0.6) is 0 Å². The van der Waals surface area contributed by atoms with Gasteiger partial charge in [0, 0.05) is 26.7 Å². The second kappa shape index (κ2) is 7.51. The second-order valence-corrected chi connectivity index (χ2v) is 7.38. The van der Waals surface area contributed by atoms with Crippen molar-refractivity contribution in [3.05, 3.63) is 41.2 Å². The first-order valence-corrected chi connectivity index (χ1v) is 9.28. The van der Waals surface area contributed by atoms with Gasteiger partial charge in [-0.15, -0.1) is 5.10 Å². The van der Waals surface area contributed by atoms with Gasteiger partial charge in [-0.05, 0) is 41.5 Å². The van der Waals surface area contributed by atoms with Gasteiger partial charge in [-0.1, -0.05) is 0 Å². The zero-order chi connectivity index (χ0) is 19.7. The van der Waals surface area contributed by atoms with Crippen LogP contribution in [0.2, 0.25) is 0 Å². The van der Waals surface area contributed by atoms with Crippen LogP contribution in [0.25, 0.3) is 0 Å². The van der Waals surface area contributed by atoms with Crippen LogP contribution in [0.4, 0.5) is 8.78 Å². The Morgan fingerprint density at radius 1 is 1.25 bits per heavy atom. The monoisotopic (exact) mass is 392 g/mol. The maximum atomic E-state index is 14.0. The molecule has 1 spiro atoms. The molecule has 2 fully saturated rings. The van der Waals surface area contributed by atoms with Crippen molar-refractivity contribution in [2.75, 3.05) is 32.8 Å². The van der Waals surface area contributed by atoms with Gasteiger partial charge >= 0.3 is 0 Å². The van der Waals surface area contributed by atoms with Gasteiger partial charge in [0.15, 0.2) is 5.82 Å². The van der Waals surface area contributed by atoms with Crippen LogP contribution in [-0.2, 0) is 18.3 Å². The van der Waals surface area contributed by atoms with Crippen molar-refractivity contribution in [3.63, 3.8) is 0 Å². The number of aryl methyl sites for hydroxylation is 1. The van der Waals surface area contributed by atoms with E-state index in [2.05, 4.69) is 20.4 Å². The quantitative estimate of drug-likeness (QED) is 0.776. The highest BCUT2D eigenvalue weighted by Crippen LogP contribution is 2.31. The highest BCUT2D eigenvalue weighted by molar-refractivity contribution is 5.94. The summed E-state index contributed by atoms with van der Waals surface area (Å²) < 4.78 is 35.2. The van der Waals surface area contributed by atoms with Gasteiger partial charge in [-0.3, -0.25) is 9.69 Å². The number of rotatable bonds is 3. The topological polar surface area (TPSA) is 76.4 Å². The van der Waals surface area contributed by atoms with E-state index in [1.165, 1.54) is 0 Å². The number of hydrogen-bond acceptors (Lipinski definition) is 6. The lowest BCUT2D eigenvalue weighted by Gasteiger charge is -2.47. The Labute approximate surface area is 161 Å². The molecule has 1 aromatic carbocycles. The third kappa shape index (κ3) is 3.74. The van der Waals surface area contributed by atoms with Crippen molar-refractivity contribution >= 4 is 5.91 Å². The van der Waals surface area contributed by atoms with E-state index in [1.54, 1.807) is 16.6 Å². The summed E-state index contributed by atoms with van der Waals surface area (Å²) in [6.07, 6.45) is 1.49. The fourth-order valence-corrected chi connectivity index (χ4v) is 3.85. The molecule has 150 valence electrons. The molecule has 0 bridgehead atoms. The van der Waals surface area contributed by atoms with Gasteiger partial charge < -0.3 is 9.64 Å². The first kappa shape index (κ1) is 18.9. The van der Waals surface area contributed by atoms with Crippen LogP contribution >= 0.6 is 0 Å². The molecular weight excluding hydrogens is 370 g/mol. The standard InChI is InChI=1S/C18H22F2N6O2/c1-24-16(21-22-23-24)11-25-6-4-18(5-7-25)12-26(8-9-28-18)17(27)14-10-13(19)2-3-15(14)20/h2-3,10H,4-9,11-12H2,1H3. The number of amides is 1. The van der Waals surface area contributed by atoms with Crippen LogP contribution in [-0.4, -0.2) is 74.3 Å². The Morgan fingerprint density at radius 2 is 2.04 bits per heavy atom. The third-order valence-electron chi connectivity index (χ3n) is 5.53. The molecular formula is C18H22F2N6O2. The first-order chi connectivity index (χ1) is 13.5. The number of ether oxygens (including phenoxy) is 1. The Bertz CT molecular complexity index is 866. The SMILES string of the molecule is Cn1nnnc1CN1CCC2(CC1)CN(C(=O)c1cc(F)ccc1F)CCO2. The Hall–Kier alpha value is -2.46. The molecule has 0 radical (unpaired) electrons. The number of tetrazole rings is 1. The molecule has 0 saturated carbocycles. The number of piperidine rings is 1. The average molecular weight is 392 g/mol. The normalized spacial score (nSPS) is 19.9. The maximum Gasteiger partial charge on any atom is 0.257 e. The van der Waals surface area contributed by atoms with Crippen LogP contribution < -0.4 is 0 Å². The molecule has 1 aromatic heterocycles. The van der Waals surface area contributed by atoms with Gasteiger partial charge in [0.2, 0.25) is 0 Å². The number of nitrogens with zero attached hydrogens (tertiary/aromatic N) is 6. The highest BCUT2D eigenvalue weighted by atomic mass is 19.1. The molecule has 1 amide bonds. The van der Waals surface area contributed by atoms with E-state index in [0.717, 1.165) is 50.0 Å². The second-order valence-electron chi connectivity index (χ2n) is 7.38. The summed E-state index contributed by atoms with van der Waals surface area (Å²) in [5.74, 6) is -1.04. The van der Waals surface area contributed by atoms with E-state index in [4.69, 9.17) is 4.74 Å². The van der Waals surface area contributed by atoms with Crippen molar-refractivity contribution < 1.29 is 18.3 Å². The average Bonchev–Trinajstić information content (AvgIpc) is 3.10. The number of likely N-dealkylation sites (tertiary alicyclic amines) is 1. The van der Waals surface area contributed by atoms with E-state index in [-0.39, 0.29) is 5.56 Å². The zero-order valence-electron chi connectivity index (χ0n) is 15.6. The Balaban J connectivity index is 1.40. The molecule has 0 unspecified atom stereocenters. The fourth-order valence-electron chi connectivity index (χ4n) is 3.85. The molecule has 0 N–H and O–H groups in total. The maximum absolute atomic E-state index is 14.0. The summed E-state index contributed by atoms with van der Waals surface area (Å²) in [5, 5.41) is 11.5. The van der Waals surface area contributed by atoms with Crippen molar-refractivity contribution in [1.29, 1.82) is 0 Å². The molecule has 3 heterocycles. The summed E-state index contributed by atoms with van der Waals surface area (Å²) in [4.78, 5) is 16.6. The van der Waals surface area contributed by atoms with Crippen molar-refractivity contribution in [1.82, 2.24) is 30.0 Å². The molecule has 2 aliphatic heterocycles. The number of aromatic nitrogens is 4. The molecule has 28 heavy (non-hydrogen) atoms. The minimum Gasteiger partial charge on any atom is -0.371 e. The third-order valence-corrected chi connectivity index (χ3v) is 5.53. The largest absolute Gasteiger partial charge is 0.371 e. The summed E-state index contributed by atoms with van der Waals surface area (Å²) in [5.41, 5.74) is -0.684. The van der Waals surface area contributed by atoms with E-state index in [1.807, 2.05) is 0 Å². The van der Waals surface area contributed by atoms with Crippen LogP contribution in [0.15, 0.2) is 18.2 Å². The van der Waals surface area contributed by atoms with Crippen molar-refractivity contribution in [2.45, 2.75) is 25.0 Å². The lowest BCUT2D eigenvalue weighted by molar-refractivity contribution is -0.128. The number of hydrogen-bond donors (Lipinski definition) is 0. The minimum absolute atomic E-state index is 0.232. The predicted octanol–water partition coefficient (Wildman–Crippen LogP) is 0.995. The molecule has 2 saturated heterocycles. The summed E-state index contributed by atoms with van der Waals surface area (Å²) >= 11 is 0. The highest BCUT2D eigenvalue weighted by Gasteiger charge is 2.41. The zero-order valence-corrected chi connectivity index (χ0v) is 15.6. The number of halogens is 2. The van der Waals surface area contributed by atoms with Crippen molar-refractivity contribution in [2.24, 2.45) is 7.05 Å². The molecule has 8 nitrogen and oxygen atoms in total. The Kier molecular flexibility index (Phi) is 5.07. The van der Waals surface area contributed by atoms with Crippen LogP contribution in [0.3, 0.4) is 0 Å². The van der Waals surface area contributed by atoms with Crippen molar-refractivity contribution in [3.8, 4) is 0 Å². The number of benzene rings is 1. The van der Waals surface area contributed by atoms with Gasteiger partial charge in [-0.2, -0.15) is 0 Å². The predicted molar refractivity (Wildman–Crippen MR) is 94.3 cm³/mol. The first-order valence-electron chi connectivity index (χ1n) is 9.28. The van der Waals surface area contributed by atoms with Crippen LogP contribution in [0.1, 0.15) is 29.0 Å². The van der Waals surface area contributed by atoms with E-state index in [9.17, 15) is 13.6 Å².